The highest BCUT2D eigenvalue weighted by atomic mass is 16.5. The van der Waals surface area contributed by atoms with E-state index in [2.05, 4.69) is 42.6 Å². The highest BCUT2D eigenvalue weighted by molar-refractivity contribution is 5.26. The summed E-state index contributed by atoms with van der Waals surface area (Å²) in [4.78, 5) is 0. The second kappa shape index (κ2) is 5.46. The van der Waals surface area contributed by atoms with Crippen molar-refractivity contribution in [3.8, 4) is 0 Å². The first kappa shape index (κ1) is 11.6. The van der Waals surface area contributed by atoms with Crippen LogP contribution in [0.3, 0.4) is 0 Å². The average Bonchev–Trinajstić information content (AvgIpc) is 2.38. The zero-order valence-electron chi connectivity index (χ0n) is 10.0. The fourth-order valence-corrected chi connectivity index (χ4v) is 2.49. The molecular formula is C14H21NO. The van der Waals surface area contributed by atoms with Crippen molar-refractivity contribution >= 4 is 0 Å². The van der Waals surface area contributed by atoms with E-state index in [4.69, 9.17) is 4.74 Å². The lowest BCUT2D eigenvalue weighted by Gasteiger charge is -2.38. The van der Waals surface area contributed by atoms with Crippen molar-refractivity contribution in [1.82, 2.24) is 5.32 Å². The van der Waals surface area contributed by atoms with Gasteiger partial charge in [-0.15, -0.1) is 0 Å². The zero-order chi connectivity index (χ0) is 11.3. The fourth-order valence-electron chi connectivity index (χ4n) is 2.49. The Morgan fingerprint density at radius 3 is 2.50 bits per heavy atom. The summed E-state index contributed by atoms with van der Waals surface area (Å²) >= 11 is 0. The van der Waals surface area contributed by atoms with Crippen LogP contribution >= 0.6 is 0 Å². The molecule has 1 aliphatic heterocycles. The standard InChI is InChI=1S/C14H21NO/c1-2-15-12-14(8-10-16-11-9-14)13-6-4-3-5-7-13/h3-7,15H,2,8-12H2,1H3. The Hall–Kier alpha value is -0.860. The lowest BCUT2D eigenvalue weighted by Crippen LogP contribution is -2.42. The summed E-state index contributed by atoms with van der Waals surface area (Å²) in [6, 6.07) is 10.9. The molecule has 1 saturated heterocycles. The molecule has 1 fully saturated rings. The minimum atomic E-state index is 0.287. The van der Waals surface area contributed by atoms with Crippen molar-refractivity contribution in [3.05, 3.63) is 35.9 Å². The summed E-state index contributed by atoms with van der Waals surface area (Å²) in [7, 11) is 0. The largest absolute Gasteiger partial charge is 0.381 e. The van der Waals surface area contributed by atoms with Crippen molar-refractivity contribution in [2.75, 3.05) is 26.3 Å². The molecule has 0 unspecified atom stereocenters. The van der Waals surface area contributed by atoms with Gasteiger partial charge in [0.15, 0.2) is 0 Å². The molecule has 0 aliphatic carbocycles. The summed E-state index contributed by atoms with van der Waals surface area (Å²) in [5.41, 5.74) is 1.74. The van der Waals surface area contributed by atoms with Gasteiger partial charge < -0.3 is 10.1 Å². The Kier molecular flexibility index (Phi) is 3.97. The Morgan fingerprint density at radius 1 is 1.19 bits per heavy atom. The van der Waals surface area contributed by atoms with E-state index in [-0.39, 0.29) is 5.41 Å². The van der Waals surface area contributed by atoms with E-state index >= 15 is 0 Å². The molecule has 1 aliphatic rings. The normalized spacial score (nSPS) is 19.6. The van der Waals surface area contributed by atoms with E-state index in [0.29, 0.717) is 0 Å². The van der Waals surface area contributed by atoms with E-state index in [1.165, 1.54) is 5.56 Å². The third kappa shape index (κ3) is 2.45. The number of nitrogens with one attached hydrogen (secondary N) is 1. The number of ether oxygens (including phenoxy) is 1. The Bertz CT molecular complexity index is 304. The molecule has 88 valence electrons. The molecule has 0 saturated carbocycles. The van der Waals surface area contributed by atoms with Gasteiger partial charge >= 0.3 is 0 Å². The molecule has 2 nitrogen and oxygen atoms in total. The van der Waals surface area contributed by atoms with E-state index in [0.717, 1.165) is 39.1 Å². The topological polar surface area (TPSA) is 21.3 Å². The first-order chi connectivity index (χ1) is 7.87. The molecule has 2 heteroatoms. The lowest BCUT2D eigenvalue weighted by atomic mass is 9.74. The predicted octanol–water partition coefficient (Wildman–Crippen LogP) is 2.34. The van der Waals surface area contributed by atoms with E-state index in [1.807, 2.05) is 0 Å². The molecular weight excluding hydrogens is 198 g/mol. The third-order valence-corrected chi connectivity index (χ3v) is 3.55. The Labute approximate surface area is 98.0 Å². The van der Waals surface area contributed by atoms with Gasteiger partial charge in [0.25, 0.3) is 0 Å². The summed E-state index contributed by atoms with van der Waals surface area (Å²) in [5, 5.41) is 3.50. The molecule has 0 spiro atoms. The maximum atomic E-state index is 5.50. The third-order valence-electron chi connectivity index (χ3n) is 3.55. The van der Waals surface area contributed by atoms with Crippen molar-refractivity contribution in [1.29, 1.82) is 0 Å². The minimum Gasteiger partial charge on any atom is -0.381 e. The van der Waals surface area contributed by atoms with Gasteiger partial charge in [0.05, 0.1) is 0 Å². The SMILES string of the molecule is CCNCC1(c2ccccc2)CCOCC1. The van der Waals surface area contributed by atoms with Gasteiger partial charge in [0.1, 0.15) is 0 Å². The van der Waals surface area contributed by atoms with Gasteiger partial charge in [-0.25, -0.2) is 0 Å². The van der Waals surface area contributed by atoms with Crippen LogP contribution in [0.4, 0.5) is 0 Å². The Balaban J connectivity index is 2.19. The molecule has 1 heterocycles. The van der Waals surface area contributed by atoms with Crippen LogP contribution < -0.4 is 5.32 Å². The molecule has 16 heavy (non-hydrogen) atoms. The summed E-state index contributed by atoms with van der Waals surface area (Å²) in [6.07, 6.45) is 2.26. The summed E-state index contributed by atoms with van der Waals surface area (Å²) < 4.78 is 5.50. The van der Waals surface area contributed by atoms with Crippen molar-refractivity contribution in [2.45, 2.75) is 25.2 Å². The van der Waals surface area contributed by atoms with Gasteiger partial charge in [0.2, 0.25) is 0 Å². The van der Waals surface area contributed by atoms with E-state index < -0.39 is 0 Å². The van der Waals surface area contributed by atoms with E-state index in [9.17, 15) is 0 Å². The van der Waals surface area contributed by atoms with Crippen LogP contribution in [0.5, 0.6) is 0 Å². The van der Waals surface area contributed by atoms with Crippen molar-refractivity contribution in [3.63, 3.8) is 0 Å². The van der Waals surface area contributed by atoms with Gasteiger partial charge in [-0.2, -0.15) is 0 Å². The van der Waals surface area contributed by atoms with Crippen molar-refractivity contribution < 1.29 is 4.74 Å². The summed E-state index contributed by atoms with van der Waals surface area (Å²) in [6.45, 7) is 6.05. The van der Waals surface area contributed by atoms with Crippen LogP contribution in [0.25, 0.3) is 0 Å². The number of hydrogen-bond donors (Lipinski definition) is 1. The second-order valence-electron chi connectivity index (χ2n) is 4.54. The minimum absolute atomic E-state index is 0.287. The van der Waals surface area contributed by atoms with Gasteiger partial charge in [-0.3, -0.25) is 0 Å². The van der Waals surface area contributed by atoms with Crippen LogP contribution in [-0.2, 0) is 10.2 Å². The summed E-state index contributed by atoms with van der Waals surface area (Å²) in [5.74, 6) is 0. The number of likely N-dealkylation sites (N-methyl/N-ethyl adjacent to an activating group) is 1. The van der Waals surface area contributed by atoms with E-state index in [1.54, 1.807) is 0 Å². The molecule has 1 N–H and O–H groups in total. The predicted molar refractivity (Wildman–Crippen MR) is 66.7 cm³/mol. The van der Waals surface area contributed by atoms with Crippen LogP contribution in [0.1, 0.15) is 25.3 Å². The van der Waals surface area contributed by atoms with Crippen LogP contribution in [0, 0.1) is 0 Å². The highest BCUT2D eigenvalue weighted by Crippen LogP contribution is 2.33. The van der Waals surface area contributed by atoms with Crippen molar-refractivity contribution in [2.24, 2.45) is 0 Å². The first-order valence-corrected chi connectivity index (χ1v) is 6.21. The highest BCUT2D eigenvalue weighted by Gasteiger charge is 2.33. The maximum absolute atomic E-state index is 5.50. The molecule has 2 rings (SSSR count). The molecule has 1 aromatic rings. The van der Waals surface area contributed by atoms with Gasteiger partial charge in [0, 0.05) is 25.2 Å². The maximum Gasteiger partial charge on any atom is 0.0475 e. The Morgan fingerprint density at radius 2 is 1.88 bits per heavy atom. The molecule has 0 atom stereocenters. The second-order valence-corrected chi connectivity index (χ2v) is 4.54. The first-order valence-electron chi connectivity index (χ1n) is 6.21. The van der Waals surface area contributed by atoms with Crippen LogP contribution in [0.2, 0.25) is 0 Å². The average molecular weight is 219 g/mol. The monoisotopic (exact) mass is 219 g/mol. The molecule has 0 amide bonds. The number of benzene rings is 1. The lowest BCUT2D eigenvalue weighted by molar-refractivity contribution is 0.0501. The van der Waals surface area contributed by atoms with Gasteiger partial charge in [-0.05, 0) is 24.9 Å². The van der Waals surface area contributed by atoms with Crippen LogP contribution in [-0.4, -0.2) is 26.3 Å². The molecule has 0 aromatic heterocycles. The quantitative estimate of drug-likeness (QED) is 0.839. The fraction of sp³-hybridized carbons (Fsp3) is 0.571. The molecule has 0 radical (unpaired) electrons. The number of hydrogen-bond acceptors (Lipinski definition) is 2. The van der Waals surface area contributed by atoms with Gasteiger partial charge in [-0.1, -0.05) is 37.3 Å². The van der Waals surface area contributed by atoms with Crippen LogP contribution in [0.15, 0.2) is 30.3 Å². The smallest absolute Gasteiger partial charge is 0.0475 e. The number of rotatable bonds is 4. The molecule has 0 bridgehead atoms. The zero-order valence-corrected chi connectivity index (χ0v) is 10.0. The molecule has 1 aromatic carbocycles.